The summed E-state index contributed by atoms with van der Waals surface area (Å²) in [7, 11) is -2.98. The van der Waals surface area contributed by atoms with Gasteiger partial charge in [-0.2, -0.15) is 0 Å². The average molecular weight is 337 g/mol. The molecule has 0 N–H and O–H groups in total. The van der Waals surface area contributed by atoms with Crippen molar-refractivity contribution in [2.75, 3.05) is 25.1 Å². The Labute approximate surface area is 139 Å². The van der Waals surface area contributed by atoms with Gasteiger partial charge < -0.3 is 4.90 Å². The van der Waals surface area contributed by atoms with Gasteiger partial charge in [-0.15, -0.1) is 0 Å². The summed E-state index contributed by atoms with van der Waals surface area (Å²) >= 11 is 0. The standard InChI is InChI=1S/C18H27NO3S/c1-3-15-14-19(18(20)10-7-13-23(2,21)22)12-11-17(15)16-8-5-4-6-9-16/h4-6,8-9,15,17H,3,7,10-14H2,1-2H3/t15-,17+/m0/s1. The predicted octanol–water partition coefficient (Wildman–Crippen LogP) is 2.85. The lowest BCUT2D eigenvalue weighted by molar-refractivity contribution is -0.133. The molecule has 1 aliphatic rings. The first-order chi connectivity index (χ1) is 10.9. The maximum Gasteiger partial charge on any atom is 0.222 e. The van der Waals surface area contributed by atoms with Gasteiger partial charge in [0.1, 0.15) is 9.84 Å². The lowest BCUT2D eigenvalue weighted by atomic mass is 9.79. The molecule has 23 heavy (non-hydrogen) atoms. The molecule has 128 valence electrons. The molecule has 5 heteroatoms. The average Bonchev–Trinajstić information content (AvgIpc) is 2.53. The molecule has 0 unspecified atom stereocenters. The van der Waals surface area contributed by atoms with Crippen LogP contribution in [-0.2, 0) is 14.6 Å². The van der Waals surface area contributed by atoms with Crippen molar-refractivity contribution < 1.29 is 13.2 Å². The molecule has 0 bridgehead atoms. The first-order valence-corrected chi connectivity index (χ1v) is 10.5. The van der Waals surface area contributed by atoms with E-state index in [4.69, 9.17) is 0 Å². The lowest BCUT2D eigenvalue weighted by Gasteiger charge is -2.38. The Kier molecular flexibility index (Phi) is 6.22. The Hall–Kier alpha value is -1.36. The largest absolute Gasteiger partial charge is 0.342 e. The summed E-state index contributed by atoms with van der Waals surface area (Å²) in [5, 5.41) is 0. The van der Waals surface area contributed by atoms with Crippen LogP contribution in [0.15, 0.2) is 30.3 Å². The van der Waals surface area contributed by atoms with Gasteiger partial charge in [0, 0.05) is 25.8 Å². The van der Waals surface area contributed by atoms with Gasteiger partial charge in [-0.1, -0.05) is 43.7 Å². The minimum Gasteiger partial charge on any atom is -0.342 e. The van der Waals surface area contributed by atoms with Crippen LogP contribution in [0.2, 0.25) is 0 Å². The molecule has 1 aliphatic heterocycles. The van der Waals surface area contributed by atoms with Gasteiger partial charge in [-0.3, -0.25) is 4.79 Å². The summed E-state index contributed by atoms with van der Waals surface area (Å²) in [6, 6.07) is 10.5. The second kappa shape index (κ2) is 7.95. The molecule has 1 fully saturated rings. The van der Waals surface area contributed by atoms with Crippen LogP contribution >= 0.6 is 0 Å². The van der Waals surface area contributed by atoms with Crippen LogP contribution in [0.3, 0.4) is 0 Å². The highest BCUT2D eigenvalue weighted by Crippen LogP contribution is 2.35. The summed E-state index contributed by atoms with van der Waals surface area (Å²) in [5.41, 5.74) is 1.36. The third-order valence-electron chi connectivity index (χ3n) is 4.74. The van der Waals surface area contributed by atoms with Crippen LogP contribution in [0.25, 0.3) is 0 Å². The van der Waals surface area contributed by atoms with E-state index in [9.17, 15) is 13.2 Å². The van der Waals surface area contributed by atoms with Crippen molar-refractivity contribution in [3.8, 4) is 0 Å². The summed E-state index contributed by atoms with van der Waals surface area (Å²) in [5.74, 6) is 1.18. The minimum absolute atomic E-state index is 0.0937. The molecule has 1 saturated heterocycles. The van der Waals surface area contributed by atoms with Crippen LogP contribution in [0, 0.1) is 5.92 Å². The maximum atomic E-state index is 12.3. The highest BCUT2D eigenvalue weighted by atomic mass is 32.2. The van der Waals surface area contributed by atoms with Crippen molar-refractivity contribution in [3.63, 3.8) is 0 Å². The normalized spacial score (nSPS) is 22.1. The van der Waals surface area contributed by atoms with Crippen LogP contribution in [-0.4, -0.2) is 44.3 Å². The second-order valence-electron chi connectivity index (χ2n) is 6.55. The molecule has 0 spiro atoms. The van der Waals surface area contributed by atoms with Crippen LogP contribution in [0.1, 0.15) is 44.1 Å². The predicted molar refractivity (Wildman–Crippen MR) is 93.1 cm³/mol. The number of rotatable bonds is 6. The fourth-order valence-corrected chi connectivity index (χ4v) is 4.12. The topological polar surface area (TPSA) is 54.5 Å². The zero-order valence-electron chi connectivity index (χ0n) is 14.1. The minimum atomic E-state index is -2.98. The van der Waals surface area contributed by atoms with E-state index in [-0.39, 0.29) is 11.7 Å². The van der Waals surface area contributed by atoms with E-state index in [0.717, 1.165) is 25.9 Å². The number of carbonyl (C=O) groups excluding carboxylic acids is 1. The Morgan fingerprint density at radius 1 is 1.26 bits per heavy atom. The van der Waals surface area contributed by atoms with E-state index in [0.29, 0.717) is 24.7 Å². The Balaban J connectivity index is 1.92. The molecule has 1 amide bonds. The van der Waals surface area contributed by atoms with Gasteiger partial charge in [0.15, 0.2) is 0 Å². The third-order valence-corrected chi connectivity index (χ3v) is 5.77. The number of carbonyl (C=O) groups is 1. The third kappa shape index (κ3) is 5.34. The van der Waals surface area contributed by atoms with E-state index in [1.54, 1.807) is 0 Å². The molecule has 2 rings (SSSR count). The zero-order chi connectivity index (χ0) is 16.9. The number of hydrogen-bond acceptors (Lipinski definition) is 3. The van der Waals surface area contributed by atoms with E-state index in [1.807, 2.05) is 11.0 Å². The number of benzene rings is 1. The van der Waals surface area contributed by atoms with Gasteiger partial charge in [0.05, 0.1) is 5.75 Å². The SMILES string of the molecule is CC[C@H]1CN(C(=O)CCCS(C)(=O)=O)CC[C@H]1c1ccccc1. The van der Waals surface area contributed by atoms with E-state index < -0.39 is 9.84 Å². The van der Waals surface area contributed by atoms with Crippen LogP contribution in [0.4, 0.5) is 0 Å². The first-order valence-electron chi connectivity index (χ1n) is 8.41. The molecule has 2 atom stereocenters. The van der Waals surface area contributed by atoms with Crippen molar-refractivity contribution in [1.82, 2.24) is 4.90 Å². The van der Waals surface area contributed by atoms with Crippen molar-refractivity contribution in [1.29, 1.82) is 0 Å². The summed E-state index contributed by atoms with van der Waals surface area (Å²) in [6.45, 7) is 3.74. The van der Waals surface area contributed by atoms with E-state index in [2.05, 4.69) is 31.2 Å². The fourth-order valence-electron chi connectivity index (χ4n) is 3.46. The number of amides is 1. The summed E-state index contributed by atoms with van der Waals surface area (Å²) in [6.07, 6.45) is 4.01. The van der Waals surface area contributed by atoms with Crippen molar-refractivity contribution >= 4 is 15.7 Å². The molecule has 1 aromatic carbocycles. The van der Waals surface area contributed by atoms with Gasteiger partial charge in [-0.05, 0) is 30.2 Å². The summed E-state index contributed by atoms with van der Waals surface area (Å²) < 4.78 is 22.3. The molecule has 0 saturated carbocycles. The van der Waals surface area contributed by atoms with Gasteiger partial charge in [0.2, 0.25) is 5.91 Å². The second-order valence-corrected chi connectivity index (χ2v) is 8.81. The number of likely N-dealkylation sites (tertiary alicyclic amines) is 1. The fraction of sp³-hybridized carbons (Fsp3) is 0.611. The number of sulfone groups is 1. The van der Waals surface area contributed by atoms with E-state index >= 15 is 0 Å². The molecule has 1 aromatic rings. The molecular formula is C18H27NO3S. The quantitative estimate of drug-likeness (QED) is 0.802. The summed E-state index contributed by atoms with van der Waals surface area (Å²) in [4.78, 5) is 14.2. The first kappa shape index (κ1) is 18.0. The monoisotopic (exact) mass is 337 g/mol. The van der Waals surface area contributed by atoms with Gasteiger partial charge in [-0.25, -0.2) is 8.42 Å². The smallest absolute Gasteiger partial charge is 0.222 e. The van der Waals surface area contributed by atoms with Crippen LogP contribution in [0.5, 0.6) is 0 Å². The van der Waals surface area contributed by atoms with Crippen molar-refractivity contribution in [2.24, 2.45) is 5.92 Å². The number of piperidine rings is 1. The molecule has 1 heterocycles. The molecular weight excluding hydrogens is 310 g/mol. The van der Waals surface area contributed by atoms with Crippen molar-refractivity contribution in [3.05, 3.63) is 35.9 Å². The number of hydrogen-bond donors (Lipinski definition) is 0. The van der Waals surface area contributed by atoms with Crippen LogP contribution < -0.4 is 0 Å². The highest BCUT2D eigenvalue weighted by molar-refractivity contribution is 7.90. The Bertz CT molecular complexity index is 612. The van der Waals surface area contributed by atoms with Gasteiger partial charge >= 0.3 is 0 Å². The molecule has 0 radical (unpaired) electrons. The zero-order valence-corrected chi connectivity index (χ0v) is 14.9. The molecule has 0 aromatic heterocycles. The van der Waals surface area contributed by atoms with E-state index in [1.165, 1.54) is 11.8 Å². The van der Waals surface area contributed by atoms with Crippen molar-refractivity contribution in [2.45, 2.75) is 38.5 Å². The maximum absolute atomic E-state index is 12.3. The molecule has 4 nitrogen and oxygen atoms in total. The highest BCUT2D eigenvalue weighted by Gasteiger charge is 2.30. The Morgan fingerprint density at radius 2 is 1.96 bits per heavy atom. The lowest BCUT2D eigenvalue weighted by Crippen LogP contribution is -2.42. The Morgan fingerprint density at radius 3 is 2.57 bits per heavy atom. The molecule has 0 aliphatic carbocycles. The van der Waals surface area contributed by atoms with Gasteiger partial charge in [0.25, 0.3) is 0 Å². The number of nitrogens with zero attached hydrogens (tertiary/aromatic N) is 1.